The molecule has 0 radical (unpaired) electrons. The number of hydrogen-bond acceptors (Lipinski definition) is 3. The smallest absolute Gasteiger partial charge is 0.160 e. The minimum absolute atomic E-state index is 0.726. The normalized spacial score (nSPS) is 10.7. The zero-order valence-corrected chi connectivity index (χ0v) is 15.8. The molecule has 1 heterocycles. The van der Waals surface area contributed by atoms with Gasteiger partial charge in [0.1, 0.15) is 12.3 Å². The molecule has 5 heteroatoms. The Bertz CT molecular complexity index is 843. The second-order valence-corrected chi connectivity index (χ2v) is 6.43. The SMILES string of the molecule is COc1ccc(CC[NH2+]Cc2ccc(-c3ccc(Cl)cc3)o2)cc1OC. The van der Waals surface area contributed by atoms with E-state index < -0.39 is 0 Å². The van der Waals surface area contributed by atoms with E-state index in [0.717, 1.165) is 53.1 Å². The Balaban J connectivity index is 1.50. The second-order valence-electron chi connectivity index (χ2n) is 5.99. The van der Waals surface area contributed by atoms with Crippen LogP contribution in [0.4, 0.5) is 0 Å². The molecule has 0 fully saturated rings. The molecule has 0 atom stereocenters. The van der Waals surface area contributed by atoms with E-state index in [4.69, 9.17) is 25.5 Å². The highest BCUT2D eigenvalue weighted by atomic mass is 35.5. The minimum atomic E-state index is 0.726. The van der Waals surface area contributed by atoms with Gasteiger partial charge < -0.3 is 19.2 Å². The molecule has 0 unspecified atom stereocenters. The van der Waals surface area contributed by atoms with E-state index in [1.807, 2.05) is 48.5 Å². The third kappa shape index (κ3) is 4.59. The number of ether oxygens (including phenoxy) is 2. The van der Waals surface area contributed by atoms with Crippen LogP contribution in [0.15, 0.2) is 59.0 Å². The van der Waals surface area contributed by atoms with Crippen molar-refractivity contribution in [3.8, 4) is 22.8 Å². The molecule has 1 aromatic heterocycles. The molecule has 0 spiro atoms. The molecular formula is C21H23ClNO3+. The van der Waals surface area contributed by atoms with Crippen molar-refractivity contribution in [1.29, 1.82) is 0 Å². The fraction of sp³-hybridized carbons (Fsp3) is 0.238. The predicted molar refractivity (Wildman–Crippen MR) is 103 cm³/mol. The van der Waals surface area contributed by atoms with E-state index in [9.17, 15) is 0 Å². The van der Waals surface area contributed by atoms with Crippen molar-refractivity contribution in [2.45, 2.75) is 13.0 Å². The van der Waals surface area contributed by atoms with Crippen molar-refractivity contribution in [2.24, 2.45) is 0 Å². The van der Waals surface area contributed by atoms with Crippen molar-refractivity contribution < 1.29 is 19.2 Å². The molecule has 136 valence electrons. The van der Waals surface area contributed by atoms with E-state index in [1.54, 1.807) is 14.2 Å². The summed E-state index contributed by atoms with van der Waals surface area (Å²) in [7, 11) is 3.30. The van der Waals surface area contributed by atoms with E-state index in [0.29, 0.717) is 0 Å². The summed E-state index contributed by atoms with van der Waals surface area (Å²) in [5.74, 6) is 3.35. The third-order valence-corrected chi connectivity index (χ3v) is 4.47. The third-order valence-electron chi connectivity index (χ3n) is 4.22. The van der Waals surface area contributed by atoms with Crippen molar-refractivity contribution in [1.82, 2.24) is 0 Å². The Morgan fingerprint density at radius 3 is 2.42 bits per heavy atom. The fourth-order valence-corrected chi connectivity index (χ4v) is 2.93. The fourth-order valence-electron chi connectivity index (χ4n) is 2.81. The van der Waals surface area contributed by atoms with Crippen LogP contribution in [0.2, 0.25) is 5.02 Å². The summed E-state index contributed by atoms with van der Waals surface area (Å²) in [4.78, 5) is 0. The largest absolute Gasteiger partial charge is 0.493 e. The first-order valence-electron chi connectivity index (χ1n) is 8.57. The summed E-state index contributed by atoms with van der Waals surface area (Å²) in [6.45, 7) is 1.77. The van der Waals surface area contributed by atoms with Crippen molar-refractivity contribution in [3.05, 3.63) is 70.9 Å². The molecule has 26 heavy (non-hydrogen) atoms. The van der Waals surface area contributed by atoms with Gasteiger partial charge in [-0.1, -0.05) is 17.7 Å². The molecule has 0 bridgehead atoms. The molecule has 0 aliphatic heterocycles. The molecule has 3 aromatic rings. The highest BCUT2D eigenvalue weighted by molar-refractivity contribution is 6.30. The average molecular weight is 373 g/mol. The Morgan fingerprint density at radius 1 is 0.923 bits per heavy atom. The van der Waals surface area contributed by atoms with Crippen molar-refractivity contribution in [3.63, 3.8) is 0 Å². The Kier molecular flexibility index (Phi) is 6.21. The summed E-state index contributed by atoms with van der Waals surface area (Å²) in [6, 6.07) is 17.7. The number of halogens is 1. The quantitative estimate of drug-likeness (QED) is 0.609. The van der Waals surface area contributed by atoms with Crippen LogP contribution in [-0.2, 0) is 13.0 Å². The number of methoxy groups -OCH3 is 2. The van der Waals surface area contributed by atoms with Gasteiger partial charge in [0.05, 0.1) is 20.8 Å². The number of benzene rings is 2. The van der Waals surface area contributed by atoms with Crippen LogP contribution in [-0.4, -0.2) is 20.8 Å². The number of furan rings is 1. The maximum Gasteiger partial charge on any atom is 0.160 e. The molecule has 0 saturated heterocycles. The Morgan fingerprint density at radius 2 is 1.69 bits per heavy atom. The molecule has 3 rings (SSSR count). The van der Waals surface area contributed by atoms with E-state index in [2.05, 4.69) is 11.4 Å². The molecule has 2 aromatic carbocycles. The maximum absolute atomic E-state index is 5.92. The van der Waals surface area contributed by atoms with Gasteiger partial charge in [-0.3, -0.25) is 0 Å². The zero-order chi connectivity index (χ0) is 18.4. The van der Waals surface area contributed by atoms with Crippen molar-refractivity contribution >= 4 is 11.6 Å². The van der Waals surface area contributed by atoms with Crippen molar-refractivity contribution in [2.75, 3.05) is 20.8 Å². The lowest BCUT2D eigenvalue weighted by atomic mass is 10.1. The molecule has 0 amide bonds. The summed E-state index contributed by atoms with van der Waals surface area (Å²) in [6.07, 6.45) is 0.950. The van der Waals surface area contributed by atoms with Crippen LogP contribution >= 0.6 is 11.6 Å². The van der Waals surface area contributed by atoms with Gasteiger partial charge in [-0.25, -0.2) is 0 Å². The summed E-state index contributed by atoms with van der Waals surface area (Å²) < 4.78 is 16.5. The molecule has 4 nitrogen and oxygen atoms in total. The topological polar surface area (TPSA) is 48.2 Å². The van der Waals surface area contributed by atoms with E-state index in [1.165, 1.54) is 5.56 Å². The standard InChI is InChI=1S/C21H22ClNO3/c1-24-20-9-3-15(13-21(20)25-2)11-12-23-14-18-8-10-19(26-18)16-4-6-17(22)7-5-16/h3-10,13,23H,11-12,14H2,1-2H3/p+1. The van der Waals surface area contributed by atoms with Gasteiger partial charge in [0, 0.05) is 17.0 Å². The van der Waals surface area contributed by atoms with Gasteiger partial charge >= 0.3 is 0 Å². The number of rotatable bonds is 8. The molecule has 0 saturated carbocycles. The maximum atomic E-state index is 5.92. The summed E-state index contributed by atoms with van der Waals surface area (Å²) in [5, 5.41) is 2.96. The number of quaternary nitrogens is 1. The predicted octanol–water partition coefficient (Wildman–Crippen LogP) is 3.92. The van der Waals surface area contributed by atoms with E-state index >= 15 is 0 Å². The van der Waals surface area contributed by atoms with Crippen LogP contribution < -0.4 is 14.8 Å². The second kappa shape index (κ2) is 8.79. The van der Waals surface area contributed by atoms with Crippen LogP contribution in [0.3, 0.4) is 0 Å². The van der Waals surface area contributed by atoms with Gasteiger partial charge in [0.25, 0.3) is 0 Å². The van der Waals surface area contributed by atoms with Crippen LogP contribution in [0.5, 0.6) is 11.5 Å². The van der Waals surface area contributed by atoms with Gasteiger partial charge in [0.2, 0.25) is 0 Å². The first-order valence-corrected chi connectivity index (χ1v) is 8.94. The lowest BCUT2D eigenvalue weighted by Crippen LogP contribution is -2.83. The number of nitrogens with two attached hydrogens (primary N) is 1. The van der Waals surface area contributed by atoms with Gasteiger partial charge in [0.15, 0.2) is 17.3 Å². The lowest BCUT2D eigenvalue weighted by molar-refractivity contribution is -0.671. The Labute approximate surface area is 158 Å². The lowest BCUT2D eigenvalue weighted by Gasteiger charge is -2.09. The van der Waals surface area contributed by atoms with Gasteiger partial charge in [-0.05, 0) is 54.1 Å². The minimum Gasteiger partial charge on any atom is -0.493 e. The van der Waals surface area contributed by atoms with Crippen LogP contribution in [0, 0.1) is 0 Å². The van der Waals surface area contributed by atoms with Crippen LogP contribution in [0.1, 0.15) is 11.3 Å². The monoisotopic (exact) mass is 372 g/mol. The first-order chi connectivity index (χ1) is 12.7. The Hall–Kier alpha value is -2.43. The highest BCUT2D eigenvalue weighted by Crippen LogP contribution is 2.27. The average Bonchev–Trinajstić information content (AvgIpc) is 3.14. The van der Waals surface area contributed by atoms with E-state index in [-0.39, 0.29) is 0 Å². The first kappa shape index (κ1) is 18.4. The van der Waals surface area contributed by atoms with Gasteiger partial charge in [-0.2, -0.15) is 0 Å². The molecule has 2 N–H and O–H groups in total. The summed E-state index contributed by atoms with van der Waals surface area (Å²) >= 11 is 5.92. The zero-order valence-electron chi connectivity index (χ0n) is 15.0. The van der Waals surface area contributed by atoms with Crippen LogP contribution in [0.25, 0.3) is 11.3 Å². The number of hydrogen-bond donors (Lipinski definition) is 1. The molecular weight excluding hydrogens is 350 g/mol. The molecule has 0 aliphatic rings. The summed E-state index contributed by atoms with van der Waals surface area (Å²) in [5.41, 5.74) is 2.26. The highest BCUT2D eigenvalue weighted by Gasteiger charge is 2.07. The molecule has 0 aliphatic carbocycles. The van der Waals surface area contributed by atoms with Gasteiger partial charge in [-0.15, -0.1) is 0 Å².